The first-order chi connectivity index (χ1) is 7.45. The summed E-state index contributed by atoms with van der Waals surface area (Å²) in [4.78, 5) is 4.26. The minimum absolute atomic E-state index is 0.238. The van der Waals surface area contributed by atoms with Crippen molar-refractivity contribution in [3.05, 3.63) is 36.5 Å². The Bertz CT molecular complexity index is 270. The molecule has 15 heavy (non-hydrogen) atoms. The Morgan fingerprint density at radius 1 is 1.40 bits per heavy atom. The van der Waals surface area contributed by atoms with Crippen LogP contribution in [0.3, 0.4) is 0 Å². The highest BCUT2D eigenvalue weighted by Crippen LogP contribution is 2.09. The molecule has 1 unspecified atom stereocenters. The fourth-order valence-electron chi connectivity index (χ4n) is 1.61. The van der Waals surface area contributed by atoms with Gasteiger partial charge in [-0.3, -0.25) is 4.98 Å². The third kappa shape index (κ3) is 3.61. The zero-order chi connectivity index (χ0) is 10.3. The van der Waals surface area contributed by atoms with Crippen LogP contribution in [-0.2, 0) is 15.9 Å². The van der Waals surface area contributed by atoms with E-state index in [1.54, 1.807) is 0 Å². The summed E-state index contributed by atoms with van der Waals surface area (Å²) in [5, 5.41) is 0. The SMILES string of the molecule is [CH](Cc1ccccn1)CC1COCCO1. The van der Waals surface area contributed by atoms with Crippen LogP contribution >= 0.6 is 0 Å². The van der Waals surface area contributed by atoms with E-state index in [9.17, 15) is 0 Å². The molecule has 1 saturated heterocycles. The van der Waals surface area contributed by atoms with Gasteiger partial charge in [-0.1, -0.05) is 6.07 Å². The van der Waals surface area contributed by atoms with E-state index in [1.807, 2.05) is 24.4 Å². The molecule has 3 heteroatoms. The Labute approximate surface area is 90.4 Å². The van der Waals surface area contributed by atoms with E-state index in [0.717, 1.165) is 38.4 Å². The molecule has 2 rings (SSSR count). The van der Waals surface area contributed by atoms with E-state index in [4.69, 9.17) is 9.47 Å². The lowest BCUT2D eigenvalue weighted by Crippen LogP contribution is -2.28. The van der Waals surface area contributed by atoms with Crippen LogP contribution in [0.15, 0.2) is 24.4 Å². The number of hydrogen-bond donors (Lipinski definition) is 0. The normalized spacial score (nSPS) is 21.5. The zero-order valence-electron chi connectivity index (χ0n) is 8.76. The maximum absolute atomic E-state index is 5.54. The maximum Gasteiger partial charge on any atom is 0.0812 e. The molecule has 0 aliphatic carbocycles. The predicted molar refractivity (Wildman–Crippen MR) is 57.4 cm³/mol. The van der Waals surface area contributed by atoms with Crippen LogP contribution < -0.4 is 0 Å². The molecule has 1 aliphatic heterocycles. The second-order valence-corrected chi connectivity index (χ2v) is 3.62. The van der Waals surface area contributed by atoms with Crippen molar-refractivity contribution in [2.45, 2.75) is 18.9 Å². The van der Waals surface area contributed by atoms with Crippen molar-refractivity contribution < 1.29 is 9.47 Å². The van der Waals surface area contributed by atoms with Crippen LogP contribution in [0.25, 0.3) is 0 Å². The van der Waals surface area contributed by atoms with Crippen molar-refractivity contribution in [3.63, 3.8) is 0 Å². The molecule has 1 aromatic rings. The molecule has 0 amide bonds. The summed E-state index contributed by atoms with van der Waals surface area (Å²) in [6, 6.07) is 5.98. The molecule has 0 bridgehead atoms. The standard InChI is InChI=1S/C12H16NO2/c1-2-7-13-11(4-1)5-3-6-12-10-14-8-9-15-12/h1-4,7,12H,5-6,8-10H2. The van der Waals surface area contributed by atoms with Gasteiger partial charge in [0.1, 0.15) is 0 Å². The maximum atomic E-state index is 5.54. The van der Waals surface area contributed by atoms with Crippen LogP contribution in [0.1, 0.15) is 12.1 Å². The summed E-state index contributed by atoms with van der Waals surface area (Å²) >= 11 is 0. The van der Waals surface area contributed by atoms with E-state index in [0.29, 0.717) is 0 Å². The molecule has 3 nitrogen and oxygen atoms in total. The van der Waals surface area contributed by atoms with E-state index in [2.05, 4.69) is 11.4 Å². The second kappa shape index (κ2) is 5.83. The number of ether oxygens (including phenoxy) is 2. The Balaban J connectivity index is 1.66. The lowest BCUT2D eigenvalue weighted by atomic mass is 10.1. The van der Waals surface area contributed by atoms with E-state index < -0.39 is 0 Å². The van der Waals surface area contributed by atoms with Gasteiger partial charge in [-0.25, -0.2) is 0 Å². The van der Waals surface area contributed by atoms with Crippen LogP contribution in [0, 0.1) is 6.42 Å². The second-order valence-electron chi connectivity index (χ2n) is 3.62. The fraction of sp³-hybridized carbons (Fsp3) is 0.500. The summed E-state index contributed by atoms with van der Waals surface area (Å²) in [5.41, 5.74) is 1.11. The highest BCUT2D eigenvalue weighted by Gasteiger charge is 2.13. The molecule has 0 aromatic carbocycles. The van der Waals surface area contributed by atoms with Gasteiger partial charge in [0, 0.05) is 11.9 Å². The number of hydrogen-bond acceptors (Lipinski definition) is 3. The van der Waals surface area contributed by atoms with Crippen molar-refractivity contribution in [1.29, 1.82) is 0 Å². The third-order valence-corrected chi connectivity index (χ3v) is 2.39. The van der Waals surface area contributed by atoms with Crippen molar-refractivity contribution >= 4 is 0 Å². The topological polar surface area (TPSA) is 31.4 Å². The molecule has 0 N–H and O–H groups in total. The summed E-state index contributed by atoms with van der Waals surface area (Å²) in [6.45, 7) is 2.18. The Morgan fingerprint density at radius 3 is 3.13 bits per heavy atom. The Morgan fingerprint density at radius 2 is 2.40 bits per heavy atom. The molecule has 2 heterocycles. The molecule has 0 spiro atoms. The predicted octanol–water partition coefficient (Wildman–Crippen LogP) is 1.63. The van der Waals surface area contributed by atoms with Gasteiger partial charge in [-0.05, 0) is 31.4 Å². The number of nitrogens with zero attached hydrogens (tertiary/aromatic N) is 1. The molecule has 0 saturated carbocycles. The lowest BCUT2D eigenvalue weighted by molar-refractivity contribution is -0.0876. The van der Waals surface area contributed by atoms with Gasteiger partial charge in [0.05, 0.1) is 25.9 Å². The molecule has 1 fully saturated rings. The van der Waals surface area contributed by atoms with Crippen molar-refractivity contribution in [2.24, 2.45) is 0 Å². The van der Waals surface area contributed by atoms with Gasteiger partial charge < -0.3 is 9.47 Å². The number of rotatable bonds is 4. The molecule has 1 radical (unpaired) electrons. The molecular formula is C12H16NO2. The summed E-state index contributed by atoms with van der Waals surface area (Å²) in [6.07, 6.45) is 6.12. The van der Waals surface area contributed by atoms with Gasteiger partial charge in [-0.2, -0.15) is 0 Å². The van der Waals surface area contributed by atoms with Gasteiger partial charge in [0.2, 0.25) is 0 Å². The first kappa shape index (κ1) is 10.6. The fourth-order valence-corrected chi connectivity index (χ4v) is 1.61. The van der Waals surface area contributed by atoms with Gasteiger partial charge in [0.15, 0.2) is 0 Å². The summed E-state index contributed by atoms with van der Waals surface area (Å²) in [7, 11) is 0. The number of pyridine rings is 1. The van der Waals surface area contributed by atoms with Crippen LogP contribution in [0.2, 0.25) is 0 Å². The Kier molecular flexibility index (Phi) is 4.11. The van der Waals surface area contributed by atoms with Gasteiger partial charge in [0.25, 0.3) is 0 Å². The largest absolute Gasteiger partial charge is 0.376 e. The van der Waals surface area contributed by atoms with Crippen molar-refractivity contribution in [3.8, 4) is 0 Å². The van der Waals surface area contributed by atoms with Crippen LogP contribution in [-0.4, -0.2) is 30.9 Å². The zero-order valence-corrected chi connectivity index (χ0v) is 8.76. The van der Waals surface area contributed by atoms with Crippen molar-refractivity contribution in [1.82, 2.24) is 4.98 Å². The minimum atomic E-state index is 0.238. The van der Waals surface area contributed by atoms with E-state index >= 15 is 0 Å². The summed E-state index contributed by atoms with van der Waals surface area (Å²) in [5.74, 6) is 0. The van der Waals surface area contributed by atoms with Crippen molar-refractivity contribution in [2.75, 3.05) is 19.8 Å². The monoisotopic (exact) mass is 206 g/mol. The average molecular weight is 206 g/mol. The molecule has 1 atom stereocenters. The molecular weight excluding hydrogens is 190 g/mol. The molecule has 1 aliphatic rings. The highest BCUT2D eigenvalue weighted by molar-refractivity contribution is 5.05. The smallest absolute Gasteiger partial charge is 0.0812 e. The van der Waals surface area contributed by atoms with E-state index in [-0.39, 0.29) is 6.10 Å². The van der Waals surface area contributed by atoms with Crippen LogP contribution in [0.4, 0.5) is 0 Å². The number of aromatic nitrogens is 1. The van der Waals surface area contributed by atoms with E-state index in [1.165, 1.54) is 0 Å². The van der Waals surface area contributed by atoms with Crippen LogP contribution in [0.5, 0.6) is 0 Å². The highest BCUT2D eigenvalue weighted by atomic mass is 16.6. The average Bonchev–Trinajstić information content (AvgIpc) is 2.32. The minimum Gasteiger partial charge on any atom is -0.376 e. The van der Waals surface area contributed by atoms with Gasteiger partial charge in [-0.15, -0.1) is 0 Å². The van der Waals surface area contributed by atoms with Gasteiger partial charge >= 0.3 is 0 Å². The Hall–Kier alpha value is -0.930. The lowest BCUT2D eigenvalue weighted by Gasteiger charge is -2.22. The first-order valence-electron chi connectivity index (χ1n) is 5.36. The molecule has 1 aromatic heterocycles. The third-order valence-electron chi connectivity index (χ3n) is 2.39. The quantitative estimate of drug-likeness (QED) is 0.750. The molecule has 81 valence electrons. The first-order valence-corrected chi connectivity index (χ1v) is 5.36. The summed E-state index contributed by atoms with van der Waals surface area (Å²) < 4.78 is 10.9.